The van der Waals surface area contributed by atoms with Gasteiger partial charge < -0.3 is 23.7 Å². The lowest BCUT2D eigenvalue weighted by Crippen LogP contribution is -2.08. The zero-order chi connectivity index (χ0) is 18.5. The van der Waals surface area contributed by atoms with Crippen molar-refractivity contribution >= 4 is 5.97 Å². The summed E-state index contributed by atoms with van der Waals surface area (Å²) < 4.78 is 27.0. The average Bonchev–Trinajstić information content (AvgIpc) is 3.12. The number of hydrogen-bond acceptors (Lipinski definition) is 6. The van der Waals surface area contributed by atoms with Crippen molar-refractivity contribution in [3.8, 4) is 23.0 Å². The smallest absolute Gasteiger partial charge is 0.338 e. The zero-order valence-corrected chi connectivity index (χ0v) is 15.1. The van der Waals surface area contributed by atoms with Crippen molar-refractivity contribution in [1.29, 1.82) is 0 Å². The van der Waals surface area contributed by atoms with Gasteiger partial charge in [-0.2, -0.15) is 0 Å². The first-order chi connectivity index (χ1) is 12.6. The minimum absolute atomic E-state index is 0.142. The fourth-order valence-electron chi connectivity index (χ4n) is 2.43. The minimum atomic E-state index is -0.434. The number of carbonyl (C=O) groups is 1. The molecule has 6 nitrogen and oxygen atoms in total. The Morgan fingerprint density at radius 1 is 1.08 bits per heavy atom. The third-order valence-corrected chi connectivity index (χ3v) is 3.78. The monoisotopic (exact) mass is 358 g/mol. The highest BCUT2D eigenvalue weighted by molar-refractivity contribution is 5.90. The maximum Gasteiger partial charge on any atom is 0.338 e. The second-order valence-electron chi connectivity index (χ2n) is 6.33. The number of carbonyl (C=O) groups excluding carboxylic acids is 1. The average molecular weight is 358 g/mol. The van der Waals surface area contributed by atoms with Gasteiger partial charge in [0.2, 0.25) is 6.79 Å². The Hall–Kier alpha value is -2.89. The van der Waals surface area contributed by atoms with E-state index in [-0.39, 0.29) is 13.4 Å². The van der Waals surface area contributed by atoms with Crippen LogP contribution in [0.25, 0.3) is 0 Å². The van der Waals surface area contributed by atoms with E-state index in [2.05, 4.69) is 13.8 Å². The summed E-state index contributed by atoms with van der Waals surface area (Å²) in [5.74, 6) is 2.42. The molecular weight excluding hydrogens is 336 g/mol. The second kappa shape index (κ2) is 7.99. The summed E-state index contributed by atoms with van der Waals surface area (Å²) in [6.45, 7) is 5.06. The largest absolute Gasteiger partial charge is 0.493 e. The Bertz CT molecular complexity index is 784. The van der Waals surface area contributed by atoms with Gasteiger partial charge in [0, 0.05) is 0 Å². The normalized spacial score (nSPS) is 12.2. The third-order valence-electron chi connectivity index (χ3n) is 3.78. The van der Waals surface area contributed by atoms with Crippen molar-refractivity contribution < 1.29 is 28.5 Å². The van der Waals surface area contributed by atoms with Gasteiger partial charge in [-0.3, -0.25) is 0 Å². The molecule has 0 saturated heterocycles. The molecule has 6 heteroatoms. The van der Waals surface area contributed by atoms with Crippen LogP contribution in [-0.4, -0.2) is 26.5 Å². The Kier molecular flexibility index (Phi) is 5.51. The van der Waals surface area contributed by atoms with Crippen LogP contribution < -0.4 is 18.9 Å². The van der Waals surface area contributed by atoms with Crippen molar-refractivity contribution in [1.82, 2.24) is 0 Å². The summed E-state index contributed by atoms with van der Waals surface area (Å²) in [4.78, 5) is 12.3. The predicted molar refractivity (Wildman–Crippen MR) is 95.0 cm³/mol. The molecule has 0 fully saturated rings. The molecule has 0 bridgehead atoms. The molecule has 0 aromatic heterocycles. The Labute approximate surface area is 152 Å². The summed E-state index contributed by atoms with van der Waals surface area (Å²) in [6, 6.07) is 10.5. The first-order valence-electron chi connectivity index (χ1n) is 8.43. The first-order valence-corrected chi connectivity index (χ1v) is 8.43. The third kappa shape index (κ3) is 4.20. The number of fused-ring (bicyclic) bond motifs is 1. The van der Waals surface area contributed by atoms with Crippen molar-refractivity contribution in [2.24, 2.45) is 5.92 Å². The van der Waals surface area contributed by atoms with Gasteiger partial charge in [0.1, 0.15) is 6.61 Å². The molecule has 1 heterocycles. The molecule has 0 aliphatic carbocycles. The summed E-state index contributed by atoms with van der Waals surface area (Å²) in [6.07, 6.45) is 0. The molecule has 3 rings (SSSR count). The van der Waals surface area contributed by atoms with Gasteiger partial charge in [0.15, 0.2) is 23.0 Å². The number of esters is 1. The number of methoxy groups -OCH3 is 1. The summed E-state index contributed by atoms with van der Waals surface area (Å²) in [5, 5.41) is 0. The molecule has 2 aromatic carbocycles. The summed E-state index contributed by atoms with van der Waals surface area (Å²) >= 11 is 0. The standard InChI is InChI=1S/C20H22O6/c1-13(2)10-23-16-7-5-15(9-18(16)22-3)20(21)24-11-14-4-6-17-19(8-14)26-12-25-17/h4-9,13H,10-12H2,1-3H3. The number of benzene rings is 2. The molecule has 0 saturated carbocycles. The molecule has 2 aromatic rings. The van der Waals surface area contributed by atoms with E-state index in [1.165, 1.54) is 0 Å². The van der Waals surface area contributed by atoms with Crippen LogP contribution in [0.5, 0.6) is 23.0 Å². The van der Waals surface area contributed by atoms with E-state index in [0.717, 1.165) is 5.56 Å². The van der Waals surface area contributed by atoms with Crippen LogP contribution in [0.4, 0.5) is 0 Å². The van der Waals surface area contributed by atoms with Gasteiger partial charge in [0.05, 0.1) is 19.3 Å². The zero-order valence-electron chi connectivity index (χ0n) is 15.1. The molecule has 138 valence electrons. The lowest BCUT2D eigenvalue weighted by Gasteiger charge is -2.13. The number of hydrogen-bond donors (Lipinski definition) is 0. The van der Waals surface area contributed by atoms with Crippen LogP contribution in [0.1, 0.15) is 29.8 Å². The number of rotatable bonds is 7. The first kappa shape index (κ1) is 17.9. The molecule has 0 radical (unpaired) electrons. The molecule has 0 N–H and O–H groups in total. The van der Waals surface area contributed by atoms with Gasteiger partial charge in [0.25, 0.3) is 0 Å². The van der Waals surface area contributed by atoms with Crippen molar-refractivity contribution in [2.45, 2.75) is 20.5 Å². The van der Waals surface area contributed by atoms with Crippen LogP contribution in [0.15, 0.2) is 36.4 Å². The highest BCUT2D eigenvalue weighted by atomic mass is 16.7. The van der Waals surface area contributed by atoms with Gasteiger partial charge in [-0.05, 0) is 41.8 Å². The van der Waals surface area contributed by atoms with E-state index < -0.39 is 5.97 Å². The van der Waals surface area contributed by atoms with Crippen molar-refractivity contribution in [2.75, 3.05) is 20.5 Å². The number of ether oxygens (including phenoxy) is 5. The molecule has 1 aliphatic rings. The molecule has 0 unspecified atom stereocenters. The molecule has 26 heavy (non-hydrogen) atoms. The van der Waals surface area contributed by atoms with Gasteiger partial charge in [-0.15, -0.1) is 0 Å². The van der Waals surface area contributed by atoms with E-state index in [9.17, 15) is 4.79 Å². The summed E-state index contributed by atoms with van der Waals surface area (Å²) in [7, 11) is 1.54. The predicted octanol–water partition coefficient (Wildman–Crippen LogP) is 3.82. The Balaban J connectivity index is 1.64. The van der Waals surface area contributed by atoms with E-state index >= 15 is 0 Å². The van der Waals surface area contributed by atoms with Crippen LogP contribution >= 0.6 is 0 Å². The van der Waals surface area contributed by atoms with E-state index in [1.807, 2.05) is 6.07 Å². The SMILES string of the molecule is COc1cc(C(=O)OCc2ccc3c(c2)OCO3)ccc1OCC(C)C. The molecular formula is C20H22O6. The highest BCUT2D eigenvalue weighted by Crippen LogP contribution is 2.33. The minimum Gasteiger partial charge on any atom is -0.493 e. The fraction of sp³-hybridized carbons (Fsp3) is 0.350. The van der Waals surface area contributed by atoms with Gasteiger partial charge >= 0.3 is 5.97 Å². The van der Waals surface area contributed by atoms with Crippen molar-refractivity contribution in [3.63, 3.8) is 0 Å². The maximum atomic E-state index is 12.3. The van der Waals surface area contributed by atoms with E-state index in [1.54, 1.807) is 37.4 Å². The van der Waals surface area contributed by atoms with E-state index in [4.69, 9.17) is 23.7 Å². The maximum absolute atomic E-state index is 12.3. The molecule has 0 amide bonds. The lowest BCUT2D eigenvalue weighted by molar-refractivity contribution is 0.0472. The lowest BCUT2D eigenvalue weighted by atomic mass is 10.2. The molecule has 0 spiro atoms. The molecule has 1 aliphatic heterocycles. The second-order valence-corrected chi connectivity index (χ2v) is 6.33. The van der Waals surface area contributed by atoms with Crippen LogP contribution in [0.3, 0.4) is 0 Å². The van der Waals surface area contributed by atoms with Crippen LogP contribution in [0.2, 0.25) is 0 Å². The van der Waals surface area contributed by atoms with Gasteiger partial charge in [-0.25, -0.2) is 4.79 Å². The Morgan fingerprint density at radius 3 is 2.65 bits per heavy atom. The van der Waals surface area contributed by atoms with Crippen LogP contribution in [0, 0.1) is 5.92 Å². The highest BCUT2D eigenvalue weighted by Gasteiger charge is 2.16. The van der Waals surface area contributed by atoms with Crippen molar-refractivity contribution in [3.05, 3.63) is 47.5 Å². The molecule has 0 atom stereocenters. The van der Waals surface area contributed by atoms with Gasteiger partial charge in [-0.1, -0.05) is 19.9 Å². The van der Waals surface area contributed by atoms with E-state index in [0.29, 0.717) is 41.1 Å². The topological polar surface area (TPSA) is 63.2 Å². The fourth-order valence-corrected chi connectivity index (χ4v) is 2.43. The summed E-state index contributed by atoms with van der Waals surface area (Å²) in [5.41, 5.74) is 1.23. The quantitative estimate of drug-likeness (QED) is 0.701. The van der Waals surface area contributed by atoms with Crippen LogP contribution in [-0.2, 0) is 11.3 Å². The Morgan fingerprint density at radius 2 is 1.88 bits per heavy atom.